The monoisotopic (exact) mass is 336 g/mol. The van der Waals surface area contributed by atoms with Gasteiger partial charge in [0.25, 0.3) is 5.69 Å². The number of rotatable bonds is 5. The Morgan fingerprint density at radius 3 is 2.17 bits per heavy atom. The SMILES string of the molecule is COc1cc(NC(C)C)c([N+](=O)[O-])cc1B1OC(C)(C)C(C)(C)O1. The lowest BCUT2D eigenvalue weighted by Crippen LogP contribution is -2.41. The average molecular weight is 336 g/mol. The van der Waals surface area contributed by atoms with Crippen LogP contribution in [0.4, 0.5) is 11.4 Å². The molecule has 24 heavy (non-hydrogen) atoms. The summed E-state index contributed by atoms with van der Waals surface area (Å²) in [6.45, 7) is 11.6. The second-order valence-electron chi connectivity index (χ2n) is 7.26. The van der Waals surface area contributed by atoms with Gasteiger partial charge in [0.2, 0.25) is 0 Å². The molecule has 2 rings (SSSR count). The fraction of sp³-hybridized carbons (Fsp3) is 0.625. The molecule has 0 aromatic heterocycles. The molecule has 132 valence electrons. The van der Waals surface area contributed by atoms with E-state index in [1.807, 2.05) is 41.5 Å². The van der Waals surface area contributed by atoms with Crippen LogP contribution in [0, 0.1) is 10.1 Å². The quantitative estimate of drug-likeness (QED) is 0.506. The summed E-state index contributed by atoms with van der Waals surface area (Å²) in [6.07, 6.45) is 0. The third-order valence-electron chi connectivity index (χ3n) is 4.50. The van der Waals surface area contributed by atoms with Crippen LogP contribution in [-0.4, -0.2) is 36.4 Å². The second-order valence-corrected chi connectivity index (χ2v) is 7.26. The van der Waals surface area contributed by atoms with Crippen molar-refractivity contribution in [3.63, 3.8) is 0 Å². The molecule has 1 aliphatic heterocycles. The maximum Gasteiger partial charge on any atom is 0.498 e. The molecule has 0 unspecified atom stereocenters. The summed E-state index contributed by atoms with van der Waals surface area (Å²) < 4.78 is 17.4. The molecule has 0 bridgehead atoms. The minimum atomic E-state index is -0.725. The first-order valence-corrected chi connectivity index (χ1v) is 7.97. The van der Waals surface area contributed by atoms with Crippen LogP contribution in [0.3, 0.4) is 0 Å². The summed E-state index contributed by atoms with van der Waals surface area (Å²) in [6, 6.07) is 3.14. The number of ether oxygens (including phenoxy) is 1. The van der Waals surface area contributed by atoms with Gasteiger partial charge in [0.1, 0.15) is 11.4 Å². The summed E-state index contributed by atoms with van der Waals surface area (Å²) in [4.78, 5) is 11.1. The number of hydrogen-bond acceptors (Lipinski definition) is 6. The zero-order valence-corrected chi connectivity index (χ0v) is 15.3. The van der Waals surface area contributed by atoms with Crippen molar-refractivity contribution in [3.05, 3.63) is 22.2 Å². The number of hydrogen-bond donors (Lipinski definition) is 1. The number of methoxy groups -OCH3 is 1. The molecule has 0 saturated carbocycles. The molecule has 7 nitrogen and oxygen atoms in total. The lowest BCUT2D eigenvalue weighted by atomic mass is 9.77. The van der Waals surface area contributed by atoms with Crippen molar-refractivity contribution in [3.8, 4) is 5.75 Å². The highest BCUT2D eigenvalue weighted by molar-refractivity contribution is 6.63. The van der Waals surface area contributed by atoms with Crippen molar-refractivity contribution in [1.82, 2.24) is 0 Å². The van der Waals surface area contributed by atoms with Gasteiger partial charge in [0.15, 0.2) is 0 Å². The first-order chi connectivity index (χ1) is 11.0. The zero-order valence-electron chi connectivity index (χ0n) is 15.3. The molecule has 0 spiro atoms. The molecule has 1 aliphatic rings. The first kappa shape index (κ1) is 18.5. The molecule has 8 heteroatoms. The number of nitrogens with zero attached hydrogens (tertiary/aromatic N) is 1. The molecule has 0 amide bonds. The van der Waals surface area contributed by atoms with Gasteiger partial charge in [0, 0.05) is 23.6 Å². The molecule has 1 N–H and O–H groups in total. The van der Waals surface area contributed by atoms with Crippen LogP contribution in [0.15, 0.2) is 12.1 Å². The Kier molecular flexibility index (Phi) is 4.83. The van der Waals surface area contributed by atoms with E-state index in [2.05, 4.69) is 5.32 Å². The molecule has 1 heterocycles. The van der Waals surface area contributed by atoms with Crippen LogP contribution in [0.5, 0.6) is 5.75 Å². The molecular weight excluding hydrogens is 311 g/mol. The minimum Gasteiger partial charge on any atom is -0.497 e. The largest absolute Gasteiger partial charge is 0.498 e. The normalized spacial score (nSPS) is 18.8. The molecule has 1 fully saturated rings. The van der Waals surface area contributed by atoms with E-state index in [0.29, 0.717) is 16.9 Å². The van der Waals surface area contributed by atoms with Gasteiger partial charge >= 0.3 is 7.12 Å². The third kappa shape index (κ3) is 3.34. The van der Waals surface area contributed by atoms with Gasteiger partial charge in [-0.05, 0) is 41.5 Å². The predicted octanol–water partition coefficient (Wildman–Crippen LogP) is 2.72. The Balaban J connectivity index is 2.51. The Morgan fingerprint density at radius 1 is 1.21 bits per heavy atom. The lowest BCUT2D eigenvalue weighted by molar-refractivity contribution is -0.383. The predicted molar refractivity (Wildman–Crippen MR) is 94.1 cm³/mol. The Bertz CT molecular complexity index is 630. The number of anilines is 1. The van der Waals surface area contributed by atoms with Crippen molar-refractivity contribution < 1.29 is 19.0 Å². The summed E-state index contributed by atoms with van der Waals surface area (Å²) in [5, 5.41) is 14.5. The van der Waals surface area contributed by atoms with Crippen molar-refractivity contribution >= 4 is 24.0 Å². The molecule has 0 atom stereocenters. The number of nitro groups is 1. The maximum atomic E-state index is 11.5. The fourth-order valence-electron chi connectivity index (χ4n) is 2.49. The standard InChI is InChI=1S/C16H25BN2O5/c1-10(2)18-12-9-14(22-7)11(8-13(12)19(20)21)17-23-15(3,4)16(5,6)24-17/h8-10,18H,1-7H3. The molecule has 1 aromatic rings. The minimum absolute atomic E-state index is 0.0331. The highest BCUT2D eigenvalue weighted by Crippen LogP contribution is 2.38. The van der Waals surface area contributed by atoms with Crippen LogP contribution in [0.25, 0.3) is 0 Å². The van der Waals surface area contributed by atoms with Crippen LogP contribution in [0.1, 0.15) is 41.5 Å². The molecular formula is C16H25BN2O5. The van der Waals surface area contributed by atoms with Gasteiger partial charge in [-0.1, -0.05) is 0 Å². The van der Waals surface area contributed by atoms with Crippen molar-refractivity contribution in [1.29, 1.82) is 0 Å². The van der Waals surface area contributed by atoms with Gasteiger partial charge in [-0.2, -0.15) is 0 Å². The Morgan fingerprint density at radius 2 is 1.75 bits per heavy atom. The van der Waals surface area contributed by atoms with Gasteiger partial charge in [-0.25, -0.2) is 0 Å². The zero-order chi connectivity index (χ0) is 18.3. The van der Waals surface area contributed by atoms with E-state index < -0.39 is 23.2 Å². The highest BCUT2D eigenvalue weighted by atomic mass is 16.7. The van der Waals surface area contributed by atoms with E-state index in [0.717, 1.165) is 0 Å². The maximum absolute atomic E-state index is 11.5. The third-order valence-corrected chi connectivity index (χ3v) is 4.50. The van der Waals surface area contributed by atoms with Crippen LogP contribution in [-0.2, 0) is 9.31 Å². The molecule has 0 aliphatic carbocycles. The average Bonchev–Trinajstić information content (AvgIpc) is 2.65. The van der Waals surface area contributed by atoms with Crippen molar-refractivity contribution in [2.45, 2.75) is 58.8 Å². The number of benzene rings is 1. The Labute approximate surface area is 143 Å². The van der Waals surface area contributed by atoms with E-state index in [9.17, 15) is 10.1 Å². The summed E-state index contributed by atoms with van der Waals surface area (Å²) >= 11 is 0. The Hall–Kier alpha value is -1.80. The van der Waals surface area contributed by atoms with Crippen LogP contribution < -0.4 is 15.5 Å². The topological polar surface area (TPSA) is 82.9 Å². The van der Waals surface area contributed by atoms with Crippen LogP contribution in [0.2, 0.25) is 0 Å². The van der Waals surface area contributed by atoms with Crippen molar-refractivity contribution in [2.75, 3.05) is 12.4 Å². The number of nitro benzene ring substituents is 1. The van der Waals surface area contributed by atoms with E-state index >= 15 is 0 Å². The molecule has 1 saturated heterocycles. The molecule has 1 aromatic carbocycles. The highest BCUT2D eigenvalue weighted by Gasteiger charge is 2.52. The first-order valence-electron chi connectivity index (χ1n) is 7.97. The number of nitrogens with one attached hydrogen (secondary N) is 1. The smallest absolute Gasteiger partial charge is 0.497 e. The summed E-state index contributed by atoms with van der Waals surface area (Å²) in [7, 11) is 0.798. The van der Waals surface area contributed by atoms with Gasteiger partial charge in [-0.15, -0.1) is 0 Å². The van der Waals surface area contributed by atoms with E-state index in [-0.39, 0.29) is 11.7 Å². The molecule has 0 radical (unpaired) electrons. The van der Waals surface area contributed by atoms with Crippen LogP contribution >= 0.6 is 0 Å². The van der Waals surface area contributed by atoms with Crippen molar-refractivity contribution in [2.24, 2.45) is 0 Å². The summed E-state index contributed by atoms with van der Waals surface area (Å²) in [5.41, 5.74) is -0.183. The second kappa shape index (κ2) is 6.25. The van der Waals surface area contributed by atoms with E-state index in [1.165, 1.54) is 13.2 Å². The fourth-order valence-corrected chi connectivity index (χ4v) is 2.49. The lowest BCUT2D eigenvalue weighted by Gasteiger charge is -2.32. The van der Waals surface area contributed by atoms with Gasteiger partial charge in [0.05, 0.1) is 23.2 Å². The van der Waals surface area contributed by atoms with E-state index in [4.69, 9.17) is 14.0 Å². The van der Waals surface area contributed by atoms with E-state index in [1.54, 1.807) is 6.07 Å². The van der Waals surface area contributed by atoms with Gasteiger partial charge in [-0.3, -0.25) is 10.1 Å². The summed E-state index contributed by atoms with van der Waals surface area (Å²) in [5.74, 6) is 0.488. The van der Waals surface area contributed by atoms with Gasteiger partial charge < -0.3 is 19.4 Å².